The lowest BCUT2D eigenvalue weighted by Crippen LogP contribution is -2.00. The third kappa shape index (κ3) is 3.07. The molecule has 0 spiro atoms. The molecule has 0 radical (unpaired) electrons. The normalized spacial score (nSPS) is 11.0. The molecular weight excluding hydrogens is 333 g/mol. The zero-order valence-electron chi connectivity index (χ0n) is 12.7. The summed E-state index contributed by atoms with van der Waals surface area (Å²) < 4.78 is 4.80. The smallest absolute Gasteiger partial charge is 0.337 e. The Labute approximate surface area is 144 Å². The van der Waals surface area contributed by atoms with Gasteiger partial charge in [-0.3, -0.25) is 0 Å². The lowest BCUT2D eigenvalue weighted by Gasteiger charge is -2.06. The first kappa shape index (κ1) is 15.9. The van der Waals surface area contributed by atoms with Crippen molar-refractivity contribution in [3.63, 3.8) is 0 Å². The average Bonchev–Trinajstić information content (AvgIpc) is 2.84. The van der Waals surface area contributed by atoms with Crippen molar-refractivity contribution in [2.75, 3.05) is 7.11 Å². The summed E-state index contributed by atoms with van der Waals surface area (Å²) >= 11 is 12.2. The highest BCUT2D eigenvalue weighted by atomic mass is 35.5. The molecule has 0 saturated heterocycles. The number of methoxy groups -OCH3 is 1. The maximum absolute atomic E-state index is 11.8. The van der Waals surface area contributed by atoms with E-state index in [0.29, 0.717) is 22.0 Å². The quantitative estimate of drug-likeness (QED) is 0.664. The van der Waals surface area contributed by atoms with Gasteiger partial charge in [0.25, 0.3) is 0 Å². The van der Waals surface area contributed by atoms with Crippen LogP contribution < -0.4 is 0 Å². The van der Waals surface area contributed by atoms with Crippen molar-refractivity contribution in [2.24, 2.45) is 0 Å². The van der Waals surface area contributed by atoms with E-state index in [9.17, 15) is 4.79 Å². The van der Waals surface area contributed by atoms with Gasteiger partial charge < -0.3 is 9.72 Å². The SMILES string of the molecule is COC(=O)c1ccc2[nH]c(C)c(Cc3ccc(Cl)cc3Cl)c2c1. The van der Waals surface area contributed by atoms with E-state index in [2.05, 4.69) is 4.98 Å². The molecule has 0 aliphatic rings. The summed E-state index contributed by atoms with van der Waals surface area (Å²) in [5, 5.41) is 2.24. The van der Waals surface area contributed by atoms with E-state index >= 15 is 0 Å². The molecule has 0 aliphatic carbocycles. The number of hydrogen-bond acceptors (Lipinski definition) is 2. The molecule has 5 heteroatoms. The van der Waals surface area contributed by atoms with Crippen molar-refractivity contribution in [1.29, 1.82) is 0 Å². The lowest BCUT2D eigenvalue weighted by molar-refractivity contribution is 0.0601. The lowest BCUT2D eigenvalue weighted by atomic mass is 10.0. The predicted octanol–water partition coefficient (Wildman–Crippen LogP) is 5.16. The third-order valence-corrected chi connectivity index (χ3v) is 4.51. The molecule has 118 valence electrons. The van der Waals surface area contributed by atoms with Gasteiger partial charge in [-0.05, 0) is 48.4 Å². The minimum absolute atomic E-state index is 0.346. The second kappa shape index (κ2) is 6.26. The number of benzene rings is 2. The van der Waals surface area contributed by atoms with Gasteiger partial charge in [0.05, 0.1) is 12.7 Å². The van der Waals surface area contributed by atoms with Gasteiger partial charge in [-0.25, -0.2) is 4.79 Å². The van der Waals surface area contributed by atoms with E-state index in [4.69, 9.17) is 27.9 Å². The molecule has 3 aromatic rings. The maximum atomic E-state index is 11.8. The van der Waals surface area contributed by atoms with E-state index in [1.54, 1.807) is 12.1 Å². The minimum Gasteiger partial charge on any atom is -0.465 e. The van der Waals surface area contributed by atoms with Crippen molar-refractivity contribution in [3.05, 3.63) is 68.8 Å². The molecule has 1 N–H and O–H groups in total. The zero-order chi connectivity index (χ0) is 16.6. The standard InChI is InChI=1S/C18H15Cl2NO2/c1-10-14(7-11-3-5-13(19)9-16(11)20)15-8-12(18(22)23-2)4-6-17(15)21-10/h3-6,8-9,21H,7H2,1-2H3. The van der Waals surface area contributed by atoms with Gasteiger partial charge in [-0.1, -0.05) is 29.3 Å². The molecule has 0 unspecified atom stereocenters. The van der Waals surface area contributed by atoms with Crippen molar-refractivity contribution in [1.82, 2.24) is 4.98 Å². The fraction of sp³-hybridized carbons (Fsp3) is 0.167. The molecule has 3 nitrogen and oxygen atoms in total. The van der Waals surface area contributed by atoms with Crippen molar-refractivity contribution < 1.29 is 9.53 Å². The van der Waals surface area contributed by atoms with Gasteiger partial charge in [0.15, 0.2) is 0 Å². The molecule has 0 atom stereocenters. The number of aryl methyl sites for hydroxylation is 1. The van der Waals surface area contributed by atoms with Crippen LogP contribution in [-0.4, -0.2) is 18.1 Å². The highest BCUT2D eigenvalue weighted by Crippen LogP contribution is 2.29. The number of hydrogen-bond donors (Lipinski definition) is 1. The highest BCUT2D eigenvalue weighted by molar-refractivity contribution is 6.35. The Bertz CT molecular complexity index is 899. The Morgan fingerprint density at radius 1 is 1.17 bits per heavy atom. The summed E-state index contributed by atoms with van der Waals surface area (Å²) in [6.45, 7) is 2.01. The van der Waals surface area contributed by atoms with Gasteiger partial charge >= 0.3 is 5.97 Å². The Morgan fingerprint density at radius 2 is 1.96 bits per heavy atom. The van der Waals surface area contributed by atoms with Gasteiger partial charge in [-0.15, -0.1) is 0 Å². The van der Waals surface area contributed by atoms with Crippen LogP contribution in [0.1, 0.15) is 27.2 Å². The molecule has 0 saturated carbocycles. The summed E-state index contributed by atoms with van der Waals surface area (Å²) in [6.07, 6.45) is 0.659. The molecular formula is C18H15Cl2NO2. The molecule has 1 aromatic heterocycles. The molecule has 1 heterocycles. The number of carbonyl (C=O) groups is 1. The summed E-state index contributed by atoms with van der Waals surface area (Å²) in [6, 6.07) is 11.0. The molecule has 0 aliphatic heterocycles. The number of nitrogens with one attached hydrogen (secondary N) is 1. The van der Waals surface area contributed by atoms with Crippen molar-refractivity contribution in [2.45, 2.75) is 13.3 Å². The fourth-order valence-corrected chi connectivity index (χ4v) is 3.19. The van der Waals surface area contributed by atoms with E-state index in [1.807, 2.05) is 31.2 Å². The van der Waals surface area contributed by atoms with E-state index in [1.165, 1.54) is 7.11 Å². The highest BCUT2D eigenvalue weighted by Gasteiger charge is 2.14. The Morgan fingerprint density at radius 3 is 2.65 bits per heavy atom. The van der Waals surface area contributed by atoms with E-state index < -0.39 is 0 Å². The van der Waals surface area contributed by atoms with Crippen LogP contribution in [0, 0.1) is 6.92 Å². The number of fused-ring (bicyclic) bond motifs is 1. The van der Waals surface area contributed by atoms with Crippen LogP contribution in [0.25, 0.3) is 10.9 Å². The van der Waals surface area contributed by atoms with Crippen LogP contribution in [-0.2, 0) is 11.2 Å². The Hall–Kier alpha value is -1.97. The first-order valence-electron chi connectivity index (χ1n) is 7.13. The summed E-state index contributed by atoms with van der Waals surface area (Å²) in [7, 11) is 1.38. The first-order valence-corrected chi connectivity index (χ1v) is 7.88. The molecule has 0 bridgehead atoms. The second-order valence-electron chi connectivity index (χ2n) is 5.39. The Balaban J connectivity index is 2.08. The number of rotatable bonds is 3. The summed E-state index contributed by atoms with van der Waals surface area (Å²) in [4.78, 5) is 15.1. The van der Waals surface area contributed by atoms with Crippen LogP contribution in [0.3, 0.4) is 0 Å². The van der Waals surface area contributed by atoms with E-state index in [0.717, 1.165) is 27.7 Å². The van der Waals surface area contributed by atoms with Crippen LogP contribution in [0.5, 0.6) is 0 Å². The van der Waals surface area contributed by atoms with E-state index in [-0.39, 0.29) is 5.97 Å². The van der Waals surface area contributed by atoms with Crippen LogP contribution >= 0.6 is 23.2 Å². The molecule has 0 amide bonds. The third-order valence-electron chi connectivity index (χ3n) is 3.92. The second-order valence-corrected chi connectivity index (χ2v) is 6.24. The first-order chi connectivity index (χ1) is 11.0. The number of carbonyl (C=O) groups excluding carboxylic acids is 1. The van der Waals surface area contributed by atoms with Gasteiger partial charge in [-0.2, -0.15) is 0 Å². The molecule has 2 aromatic carbocycles. The number of esters is 1. The number of aromatic amines is 1. The predicted molar refractivity (Wildman–Crippen MR) is 93.6 cm³/mol. The van der Waals surface area contributed by atoms with Gasteiger partial charge in [0.2, 0.25) is 0 Å². The van der Waals surface area contributed by atoms with Crippen LogP contribution in [0.4, 0.5) is 0 Å². The number of halogens is 2. The van der Waals surface area contributed by atoms with Crippen molar-refractivity contribution in [3.8, 4) is 0 Å². The zero-order valence-corrected chi connectivity index (χ0v) is 14.3. The van der Waals surface area contributed by atoms with Crippen molar-refractivity contribution >= 4 is 40.1 Å². The fourth-order valence-electron chi connectivity index (χ4n) is 2.71. The number of ether oxygens (including phenoxy) is 1. The van der Waals surface area contributed by atoms with Gasteiger partial charge in [0.1, 0.15) is 0 Å². The summed E-state index contributed by atoms with van der Waals surface area (Å²) in [5.41, 5.74) is 4.66. The Kier molecular flexibility index (Phi) is 4.33. The van der Waals surface area contributed by atoms with Gasteiger partial charge in [0, 0.05) is 33.1 Å². The van der Waals surface area contributed by atoms with Crippen LogP contribution in [0.2, 0.25) is 10.0 Å². The summed E-state index contributed by atoms with van der Waals surface area (Å²) in [5.74, 6) is -0.346. The number of aromatic nitrogens is 1. The molecule has 23 heavy (non-hydrogen) atoms. The van der Waals surface area contributed by atoms with Crippen LogP contribution in [0.15, 0.2) is 36.4 Å². The minimum atomic E-state index is -0.346. The molecule has 3 rings (SSSR count). The maximum Gasteiger partial charge on any atom is 0.337 e. The number of H-pyrrole nitrogens is 1. The largest absolute Gasteiger partial charge is 0.465 e. The monoisotopic (exact) mass is 347 g/mol. The topological polar surface area (TPSA) is 42.1 Å². The average molecular weight is 348 g/mol. The molecule has 0 fully saturated rings.